The zero-order valence-electron chi connectivity index (χ0n) is 10.5. The maximum Gasteiger partial charge on any atom is 0.393 e. The van der Waals surface area contributed by atoms with Crippen LogP contribution in [-0.4, -0.2) is 30.3 Å². The van der Waals surface area contributed by atoms with Crippen molar-refractivity contribution < 1.29 is 13.2 Å². The van der Waals surface area contributed by atoms with Crippen molar-refractivity contribution >= 4 is 11.8 Å². The van der Waals surface area contributed by atoms with Gasteiger partial charge in [0.05, 0.1) is 5.92 Å². The van der Waals surface area contributed by atoms with Gasteiger partial charge in [0.15, 0.2) is 0 Å². The Morgan fingerprint density at radius 3 is 2.53 bits per heavy atom. The number of alkyl halides is 3. The number of thioether (sulfide) groups is 1. The Morgan fingerprint density at radius 1 is 1.29 bits per heavy atom. The van der Waals surface area contributed by atoms with Crippen molar-refractivity contribution in [1.29, 1.82) is 0 Å². The van der Waals surface area contributed by atoms with E-state index in [0.29, 0.717) is 12.8 Å². The van der Waals surface area contributed by atoms with Crippen LogP contribution in [0.3, 0.4) is 0 Å². The Labute approximate surface area is 106 Å². The summed E-state index contributed by atoms with van der Waals surface area (Å²) in [5.41, 5.74) is 0. The van der Waals surface area contributed by atoms with E-state index in [1.165, 1.54) is 0 Å². The van der Waals surface area contributed by atoms with Gasteiger partial charge in [-0.1, -0.05) is 12.8 Å². The first-order chi connectivity index (χ1) is 7.95. The van der Waals surface area contributed by atoms with Gasteiger partial charge in [-0.3, -0.25) is 0 Å². The highest BCUT2D eigenvalue weighted by atomic mass is 32.2. The van der Waals surface area contributed by atoms with Gasteiger partial charge < -0.3 is 5.32 Å². The predicted octanol–water partition coefficient (Wildman–Crippen LogP) is 3.84. The molecular weight excluding hydrogens is 247 g/mol. The number of hydrogen-bond acceptors (Lipinski definition) is 2. The number of nitrogens with one attached hydrogen (secondary N) is 1. The lowest BCUT2D eigenvalue weighted by Gasteiger charge is -2.35. The number of rotatable bonds is 5. The smallest absolute Gasteiger partial charge is 0.311 e. The van der Waals surface area contributed by atoms with Crippen molar-refractivity contribution in [1.82, 2.24) is 5.32 Å². The lowest BCUT2D eigenvalue weighted by Crippen LogP contribution is -2.48. The molecule has 0 aliphatic heterocycles. The molecule has 0 spiro atoms. The van der Waals surface area contributed by atoms with E-state index in [-0.39, 0.29) is 18.5 Å². The summed E-state index contributed by atoms with van der Waals surface area (Å²) in [4.78, 5) is 0. The van der Waals surface area contributed by atoms with E-state index >= 15 is 0 Å². The molecule has 3 unspecified atom stereocenters. The third-order valence-corrected chi connectivity index (χ3v) is 4.08. The van der Waals surface area contributed by atoms with Crippen molar-refractivity contribution in [3.8, 4) is 0 Å². The summed E-state index contributed by atoms with van der Waals surface area (Å²) in [6.45, 7) is 1.98. The molecule has 0 aromatic carbocycles. The fraction of sp³-hybridized carbons (Fsp3) is 1.00. The maximum atomic E-state index is 12.8. The average molecular weight is 269 g/mol. The summed E-state index contributed by atoms with van der Waals surface area (Å²) in [7, 11) is 0. The van der Waals surface area contributed by atoms with Gasteiger partial charge in [-0.2, -0.15) is 24.9 Å². The largest absolute Gasteiger partial charge is 0.393 e. The minimum Gasteiger partial charge on any atom is -0.311 e. The maximum absolute atomic E-state index is 12.8. The van der Waals surface area contributed by atoms with Crippen molar-refractivity contribution in [2.24, 2.45) is 5.92 Å². The highest BCUT2D eigenvalue weighted by molar-refractivity contribution is 7.98. The standard InChI is InChI=1S/C12H22F3NS/c1-9(7-8-17-2)16-11-6-4-3-5-10(11)12(13,14)15/h9-11,16H,3-8H2,1-2H3. The van der Waals surface area contributed by atoms with Crippen LogP contribution in [0.15, 0.2) is 0 Å². The third kappa shape index (κ3) is 5.08. The summed E-state index contributed by atoms with van der Waals surface area (Å²) >= 11 is 1.74. The molecule has 3 atom stereocenters. The summed E-state index contributed by atoms with van der Waals surface area (Å²) < 4.78 is 38.5. The Hall–Kier alpha value is 0.100. The average Bonchev–Trinajstić information content (AvgIpc) is 2.25. The highest BCUT2D eigenvalue weighted by Crippen LogP contribution is 2.37. The van der Waals surface area contributed by atoms with Crippen molar-refractivity contribution in [3.63, 3.8) is 0 Å². The Morgan fingerprint density at radius 2 is 1.94 bits per heavy atom. The molecule has 0 saturated heterocycles. The number of hydrogen-bond donors (Lipinski definition) is 1. The third-order valence-electron chi connectivity index (χ3n) is 3.44. The monoisotopic (exact) mass is 269 g/mol. The molecule has 1 fully saturated rings. The van der Waals surface area contributed by atoms with Crippen molar-refractivity contribution in [2.75, 3.05) is 12.0 Å². The molecule has 0 heterocycles. The van der Waals surface area contributed by atoms with Gasteiger partial charge >= 0.3 is 6.18 Å². The molecule has 102 valence electrons. The minimum atomic E-state index is -4.04. The van der Waals surface area contributed by atoms with Crippen LogP contribution in [0.2, 0.25) is 0 Å². The molecule has 0 bridgehead atoms. The molecule has 0 radical (unpaired) electrons. The normalized spacial score (nSPS) is 28.1. The van der Waals surface area contributed by atoms with Gasteiger partial charge in [0.2, 0.25) is 0 Å². The van der Waals surface area contributed by atoms with Gasteiger partial charge in [-0.05, 0) is 38.2 Å². The predicted molar refractivity (Wildman–Crippen MR) is 67.4 cm³/mol. The summed E-state index contributed by atoms with van der Waals surface area (Å²) in [6, 6.07) is -0.198. The van der Waals surface area contributed by atoms with Crippen LogP contribution in [0.1, 0.15) is 39.0 Å². The second-order valence-electron chi connectivity index (χ2n) is 4.89. The van der Waals surface area contributed by atoms with Crippen LogP contribution in [0.25, 0.3) is 0 Å². The van der Waals surface area contributed by atoms with Crippen LogP contribution < -0.4 is 5.32 Å². The molecule has 5 heteroatoms. The SMILES string of the molecule is CSCCC(C)NC1CCCCC1C(F)(F)F. The van der Waals surface area contributed by atoms with E-state index < -0.39 is 12.1 Å². The minimum absolute atomic E-state index is 0.176. The van der Waals surface area contributed by atoms with Crippen LogP contribution in [-0.2, 0) is 0 Å². The first kappa shape index (κ1) is 15.2. The van der Waals surface area contributed by atoms with Crippen LogP contribution in [0, 0.1) is 5.92 Å². The van der Waals surface area contributed by atoms with Crippen molar-refractivity contribution in [2.45, 2.75) is 57.3 Å². The molecule has 1 aliphatic carbocycles. The molecule has 1 N–H and O–H groups in total. The molecule has 17 heavy (non-hydrogen) atoms. The van der Waals surface area contributed by atoms with Crippen molar-refractivity contribution in [3.05, 3.63) is 0 Å². The summed E-state index contributed by atoms with van der Waals surface area (Å²) in [6.07, 6.45) is 1.48. The van der Waals surface area contributed by atoms with E-state index in [4.69, 9.17) is 0 Å². The zero-order chi connectivity index (χ0) is 12.9. The first-order valence-electron chi connectivity index (χ1n) is 6.27. The molecule has 1 nitrogen and oxygen atoms in total. The van der Waals surface area contributed by atoms with Gasteiger partial charge in [0.1, 0.15) is 0 Å². The lowest BCUT2D eigenvalue weighted by atomic mass is 9.83. The van der Waals surface area contributed by atoms with E-state index in [2.05, 4.69) is 5.32 Å². The lowest BCUT2D eigenvalue weighted by molar-refractivity contribution is -0.189. The second kappa shape index (κ2) is 6.88. The van der Waals surface area contributed by atoms with Crippen LogP contribution in [0.5, 0.6) is 0 Å². The topological polar surface area (TPSA) is 12.0 Å². The molecule has 1 rings (SSSR count). The summed E-state index contributed by atoms with van der Waals surface area (Å²) in [5.74, 6) is -0.148. The van der Waals surface area contributed by atoms with Gasteiger partial charge in [-0.15, -0.1) is 0 Å². The fourth-order valence-electron chi connectivity index (χ4n) is 2.47. The highest BCUT2D eigenvalue weighted by Gasteiger charge is 2.45. The van der Waals surface area contributed by atoms with E-state index in [9.17, 15) is 13.2 Å². The molecule has 0 aromatic heterocycles. The Balaban J connectivity index is 2.48. The van der Waals surface area contributed by atoms with Gasteiger partial charge in [0, 0.05) is 12.1 Å². The molecule has 1 saturated carbocycles. The summed E-state index contributed by atoms with van der Waals surface area (Å²) in [5, 5.41) is 3.18. The zero-order valence-corrected chi connectivity index (χ0v) is 11.3. The first-order valence-corrected chi connectivity index (χ1v) is 7.66. The van der Waals surface area contributed by atoms with Gasteiger partial charge in [-0.25, -0.2) is 0 Å². The van der Waals surface area contributed by atoms with E-state index in [1.54, 1.807) is 11.8 Å². The van der Waals surface area contributed by atoms with Gasteiger partial charge in [0.25, 0.3) is 0 Å². The van der Waals surface area contributed by atoms with Crippen LogP contribution >= 0.6 is 11.8 Å². The molecule has 0 amide bonds. The quantitative estimate of drug-likeness (QED) is 0.814. The molecule has 0 aromatic rings. The Kier molecular flexibility index (Phi) is 6.13. The fourth-order valence-corrected chi connectivity index (χ4v) is 3.05. The van der Waals surface area contributed by atoms with Crippen LogP contribution in [0.4, 0.5) is 13.2 Å². The molecular formula is C12H22F3NS. The van der Waals surface area contributed by atoms with E-state index in [0.717, 1.165) is 18.6 Å². The Bertz CT molecular complexity index is 220. The van der Waals surface area contributed by atoms with E-state index in [1.807, 2.05) is 13.2 Å². The second-order valence-corrected chi connectivity index (χ2v) is 5.87. The number of halogens is 3. The molecule has 1 aliphatic rings.